The molecule has 1 aromatic rings. The molecular weight excluding hydrogens is 310 g/mol. The molecule has 1 aromatic carbocycles. The number of carbonyl (C=O) groups excluding carboxylic acids is 2. The third-order valence-corrected chi connectivity index (χ3v) is 3.48. The highest BCUT2D eigenvalue weighted by Gasteiger charge is 2.21. The molecule has 0 fully saturated rings. The fourth-order valence-electron chi connectivity index (χ4n) is 2.18. The van der Waals surface area contributed by atoms with Gasteiger partial charge in [0.1, 0.15) is 5.75 Å². The van der Waals surface area contributed by atoms with Crippen LogP contribution in [-0.4, -0.2) is 56.8 Å². The van der Waals surface area contributed by atoms with Crippen molar-refractivity contribution in [2.24, 2.45) is 5.92 Å². The number of nitrogens with zero attached hydrogens (tertiary/aromatic N) is 1. The summed E-state index contributed by atoms with van der Waals surface area (Å²) in [5, 5.41) is 0. The highest BCUT2D eigenvalue weighted by molar-refractivity contribution is 5.79. The van der Waals surface area contributed by atoms with E-state index in [4.69, 9.17) is 14.2 Å². The van der Waals surface area contributed by atoms with E-state index in [2.05, 4.69) is 0 Å². The van der Waals surface area contributed by atoms with Crippen molar-refractivity contribution in [1.29, 1.82) is 0 Å². The van der Waals surface area contributed by atoms with E-state index in [0.29, 0.717) is 38.5 Å². The van der Waals surface area contributed by atoms with E-state index in [9.17, 15) is 9.59 Å². The normalized spacial score (nSPS) is 11.6. The lowest BCUT2D eigenvalue weighted by Crippen LogP contribution is -2.40. The Balaban J connectivity index is 2.57. The van der Waals surface area contributed by atoms with Gasteiger partial charge < -0.3 is 19.1 Å². The topological polar surface area (TPSA) is 65.1 Å². The molecule has 0 saturated carbocycles. The zero-order valence-electron chi connectivity index (χ0n) is 14.7. The van der Waals surface area contributed by atoms with Crippen molar-refractivity contribution in [3.05, 3.63) is 30.3 Å². The molecule has 6 nitrogen and oxygen atoms in total. The van der Waals surface area contributed by atoms with Crippen LogP contribution in [0.1, 0.15) is 20.3 Å². The van der Waals surface area contributed by atoms with Crippen LogP contribution in [0.2, 0.25) is 0 Å². The van der Waals surface area contributed by atoms with E-state index in [1.165, 1.54) is 7.11 Å². The lowest BCUT2D eigenvalue weighted by Gasteiger charge is -2.25. The molecule has 0 heterocycles. The smallest absolute Gasteiger partial charge is 0.310 e. The van der Waals surface area contributed by atoms with Gasteiger partial charge in [-0.05, 0) is 25.5 Å². The second-order valence-electron chi connectivity index (χ2n) is 5.42. The van der Waals surface area contributed by atoms with Gasteiger partial charge in [0.2, 0.25) is 0 Å². The fourth-order valence-corrected chi connectivity index (χ4v) is 2.18. The van der Waals surface area contributed by atoms with Gasteiger partial charge in [0.05, 0.1) is 13.0 Å². The highest BCUT2D eigenvalue weighted by atomic mass is 16.5. The van der Waals surface area contributed by atoms with E-state index in [-0.39, 0.29) is 24.4 Å². The Bertz CT molecular complexity index is 491. The van der Waals surface area contributed by atoms with Crippen LogP contribution in [0.25, 0.3) is 0 Å². The molecule has 0 N–H and O–H groups in total. The van der Waals surface area contributed by atoms with Gasteiger partial charge in [-0.1, -0.05) is 25.1 Å². The predicted octanol–water partition coefficient (Wildman–Crippen LogP) is 2.13. The van der Waals surface area contributed by atoms with Crippen molar-refractivity contribution in [3.63, 3.8) is 0 Å². The Morgan fingerprint density at radius 2 is 1.92 bits per heavy atom. The maximum atomic E-state index is 12.4. The molecule has 1 atom stereocenters. The summed E-state index contributed by atoms with van der Waals surface area (Å²) in [4.78, 5) is 25.7. The molecule has 6 heteroatoms. The zero-order valence-corrected chi connectivity index (χ0v) is 14.7. The van der Waals surface area contributed by atoms with Gasteiger partial charge >= 0.3 is 5.97 Å². The molecule has 0 saturated heterocycles. The molecule has 0 spiro atoms. The molecular formula is C18H27NO5. The van der Waals surface area contributed by atoms with Crippen molar-refractivity contribution < 1.29 is 23.8 Å². The SMILES string of the molecule is CCOCCCN(CC(C)C(=O)OC)C(=O)COc1ccccc1. The number of carbonyl (C=O) groups is 2. The van der Waals surface area contributed by atoms with Gasteiger partial charge in [-0.15, -0.1) is 0 Å². The van der Waals surface area contributed by atoms with Crippen molar-refractivity contribution in [2.75, 3.05) is 40.0 Å². The number of rotatable bonds is 11. The number of methoxy groups -OCH3 is 1. The second-order valence-corrected chi connectivity index (χ2v) is 5.42. The first-order chi connectivity index (χ1) is 11.6. The van der Waals surface area contributed by atoms with Gasteiger partial charge in [0, 0.05) is 26.3 Å². The van der Waals surface area contributed by atoms with Crippen LogP contribution in [0.4, 0.5) is 0 Å². The van der Waals surface area contributed by atoms with E-state index in [1.54, 1.807) is 24.0 Å². The highest BCUT2D eigenvalue weighted by Crippen LogP contribution is 2.09. The molecule has 134 valence electrons. The first kappa shape index (κ1) is 20.0. The minimum Gasteiger partial charge on any atom is -0.484 e. The lowest BCUT2D eigenvalue weighted by molar-refractivity contribution is -0.146. The lowest BCUT2D eigenvalue weighted by atomic mass is 10.1. The van der Waals surface area contributed by atoms with E-state index < -0.39 is 0 Å². The number of amides is 1. The standard InChI is InChI=1S/C18H27NO5/c1-4-23-12-8-11-19(13-15(2)18(21)22-3)17(20)14-24-16-9-6-5-7-10-16/h5-7,9-10,15H,4,8,11-14H2,1-3H3. The Kier molecular flexibility index (Phi) is 9.53. The summed E-state index contributed by atoms with van der Waals surface area (Å²) in [6.45, 7) is 5.64. The van der Waals surface area contributed by atoms with Crippen molar-refractivity contribution in [3.8, 4) is 5.75 Å². The summed E-state index contributed by atoms with van der Waals surface area (Å²) in [6.07, 6.45) is 0.707. The van der Waals surface area contributed by atoms with Crippen LogP contribution in [0, 0.1) is 5.92 Å². The molecule has 0 aliphatic heterocycles. The number of hydrogen-bond acceptors (Lipinski definition) is 5. The molecule has 1 amide bonds. The molecule has 0 aromatic heterocycles. The average Bonchev–Trinajstić information content (AvgIpc) is 2.62. The average molecular weight is 337 g/mol. The quantitative estimate of drug-likeness (QED) is 0.457. The monoisotopic (exact) mass is 337 g/mol. The summed E-state index contributed by atoms with van der Waals surface area (Å²) < 4.78 is 15.5. The molecule has 0 aliphatic carbocycles. The molecule has 0 radical (unpaired) electrons. The fraction of sp³-hybridized carbons (Fsp3) is 0.556. The summed E-state index contributed by atoms with van der Waals surface area (Å²) in [5.74, 6) is -0.239. The van der Waals surface area contributed by atoms with E-state index >= 15 is 0 Å². The Labute approximate surface area is 143 Å². The third kappa shape index (κ3) is 7.46. The molecule has 24 heavy (non-hydrogen) atoms. The third-order valence-electron chi connectivity index (χ3n) is 3.48. The second kappa shape index (κ2) is 11.5. The van der Waals surface area contributed by atoms with Crippen LogP contribution >= 0.6 is 0 Å². The summed E-state index contributed by atoms with van der Waals surface area (Å²) >= 11 is 0. The van der Waals surface area contributed by atoms with Gasteiger partial charge in [-0.25, -0.2) is 0 Å². The minimum atomic E-state index is -0.386. The summed E-state index contributed by atoms with van der Waals surface area (Å²) in [7, 11) is 1.35. The van der Waals surface area contributed by atoms with Gasteiger partial charge in [-0.2, -0.15) is 0 Å². The van der Waals surface area contributed by atoms with Crippen LogP contribution in [0.5, 0.6) is 5.75 Å². The first-order valence-corrected chi connectivity index (χ1v) is 8.19. The van der Waals surface area contributed by atoms with Gasteiger partial charge in [-0.3, -0.25) is 9.59 Å². The van der Waals surface area contributed by atoms with Crippen LogP contribution in [0.15, 0.2) is 30.3 Å². The van der Waals surface area contributed by atoms with Crippen LogP contribution in [-0.2, 0) is 19.1 Å². The molecule has 1 unspecified atom stereocenters. The molecule has 0 aliphatic rings. The van der Waals surface area contributed by atoms with Crippen LogP contribution in [0.3, 0.4) is 0 Å². The number of hydrogen-bond donors (Lipinski definition) is 0. The maximum Gasteiger partial charge on any atom is 0.310 e. The summed E-state index contributed by atoms with van der Waals surface area (Å²) in [6, 6.07) is 9.16. The van der Waals surface area contributed by atoms with Crippen LogP contribution < -0.4 is 4.74 Å². The number of benzene rings is 1. The van der Waals surface area contributed by atoms with Gasteiger partial charge in [0.25, 0.3) is 5.91 Å². The van der Waals surface area contributed by atoms with E-state index in [0.717, 1.165) is 0 Å². The number of para-hydroxylation sites is 1. The van der Waals surface area contributed by atoms with Crippen molar-refractivity contribution >= 4 is 11.9 Å². The minimum absolute atomic E-state index is 0.0630. The molecule has 0 bridgehead atoms. The largest absolute Gasteiger partial charge is 0.484 e. The Morgan fingerprint density at radius 3 is 2.54 bits per heavy atom. The van der Waals surface area contributed by atoms with Crippen molar-refractivity contribution in [2.45, 2.75) is 20.3 Å². The number of ether oxygens (including phenoxy) is 3. The summed E-state index contributed by atoms with van der Waals surface area (Å²) in [5.41, 5.74) is 0. The Hall–Kier alpha value is -2.08. The number of esters is 1. The van der Waals surface area contributed by atoms with Gasteiger partial charge in [0.15, 0.2) is 6.61 Å². The Morgan fingerprint density at radius 1 is 1.21 bits per heavy atom. The van der Waals surface area contributed by atoms with Crippen molar-refractivity contribution in [1.82, 2.24) is 4.90 Å². The van der Waals surface area contributed by atoms with E-state index in [1.807, 2.05) is 25.1 Å². The zero-order chi connectivity index (χ0) is 17.8. The maximum absolute atomic E-state index is 12.4. The molecule has 1 rings (SSSR count). The predicted molar refractivity (Wildman–Crippen MR) is 90.8 cm³/mol. The first-order valence-electron chi connectivity index (χ1n) is 8.19.